The van der Waals surface area contributed by atoms with Crippen LogP contribution in [0, 0.1) is 13.8 Å². The second-order valence-corrected chi connectivity index (χ2v) is 7.57. The number of ether oxygens (including phenoxy) is 2. The highest BCUT2D eigenvalue weighted by molar-refractivity contribution is 5.71. The van der Waals surface area contributed by atoms with E-state index < -0.39 is 5.97 Å². The van der Waals surface area contributed by atoms with Crippen LogP contribution in [-0.4, -0.2) is 30.3 Å². The molecule has 2 aliphatic heterocycles. The Hall–Kier alpha value is -3.05. The van der Waals surface area contributed by atoms with E-state index in [1.54, 1.807) is 0 Å². The standard InChI is InChI=1S/C24H25NO4/c1-15-5-3-6-16(2)24(15)18-8-4-7-17(9-18)13-29-22-10-19-14-28-21(11-23(26)27)20(19)12-25-22/h3-10,21,25H,11-14H2,1-2H3,(H,26,27). The Labute approximate surface area is 170 Å². The van der Waals surface area contributed by atoms with Gasteiger partial charge in [0, 0.05) is 12.6 Å². The first-order valence-electron chi connectivity index (χ1n) is 9.80. The summed E-state index contributed by atoms with van der Waals surface area (Å²) in [6, 6.07) is 14.8. The number of rotatable bonds is 6. The summed E-state index contributed by atoms with van der Waals surface area (Å²) >= 11 is 0. The van der Waals surface area contributed by atoms with Crippen molar-refractivity contribution >= 4 is 5.97 Å². The predicted molar refractivity (Wildman–Crippen MR) is 111 cm³/mol. The van der Waals surface area contributed by atoms with Crippen molar-refractivity contribution in [2.24, 2.45) is 0 Å². The summed E-state index contributed by atoms with van der Waals surface area (Å²) in [6.45, 7) is 5.72. The van der Waals surface area contributed by atoms with E-state index in [4.69, 9.17) is 14.6 Å². The summed E-state index contributed by atoms with van der Waals surface area (Å²) in [5.41, 5.74) is 8.11. The number of aliphatic carboxylic acids is 1. The molecular weight excluding hydrogens is 366 g/mol. The lowest BCUT2D eigenvalue weighted by Crippen LogP contribution is -2.27. The van der Waals surface area contributed by atoms with Gasteiger partial charge < -0.3 is 19.9 Å². The number of carboxylic acid groups (broad SMARTS) is 1. The van der Waals surface area contributed by atoms with Crippen LogP contribution >= 0.6 is 0 Å². The summed E-state index contributed by atoms with van der Waals surface area (Å²) in [6.07, 6.45) is 1.58. The van der Waals surface area contributed by atoms with Crippen LogP contribution in [0.2, 0.25) is 0 Å². The molecule has 2 aliphatic rings. The first kappa shape index (κ1) is 19.3. The zero-order chi connectivity index (χ0) is 20.4. The van der Waals surface area contributed by atoms with Crippen molar-refractivity contribution in [2.45, 2.75) is 33.0 Å². The molecule has 0 saturated heterocycles. The van der Waals surface area contributed by atoms with Crippen molar-refractivity contribution < 1.29 is 19.4 Å². The molecule has 0 radical (unpaired) electrons. The van der Waals surface area contributed by atoms with Crippen molar-refractivity contribution in [1.29, 1.82) is 0 Å². The van der Waals surface area contributed by atoms with Crippen LogP contribution in [0.5, 0.6) is 0 Å². The number of hydrogen-bond donors (Lipinski definition) is 2. The molecule has 0 aliphatic carbocycles. The minimum atomic E-state index is -0.849. The number of hydrogen-bond acceptors (Lipinski definition) is 4. The topological polar surface area (TPSA) is 67.8 Å². The van der Waals surface area contributed by atoms with Gasteiger partial charge in [0.2, 0.25) is 0 Å². The van der Waals surface area contributed by atoms with E-state index in [-0.39, 0.29) is 12.5 Å². The van der Waals surface area contributed by atoms with Crippen molar-refractivity contribution in [1.82, 2.24) is 5.32 Å². The minimum absolute atomic E-state index is 0.00431. The molecule has 2 aromatic carbocycles. The molecule has 4 rings (SSSR count). The number of dihydropyridines is 1. The third-order valence-corrected chi connectivity index (χ3v) is 5.45. The molecule has 150 valence electrons. The van der Waals surface area contributed by atoms with E-state index in [0.29, 0.717) is 25.6 Å². The van der Waals surface area contributed by atoms with Crippen LogP contribution in [0.4, 0.5) is 0 Å². The number of carbonyl (C=O) groups is 1. The molecule has 0 fully saturated rings. The summed E-state index contributed by atoms with van der Waals surface area (Å²) in [5.74, 6) is -0.153. The van der Waals surface area contributed by atoms with Crippen molar-refractivity contribution in [3.05, 3.63) is 82.3 Å². The lowest BCUT2D eigenvalue weighted by atomic mass is 9.95. The number of aryl methyl sites for hydroxylation is 2. The van der Waals surface area contributed by atoms with Gasteiger partial charge in [-0.05, 0) is 58.9 Å². The third-order valence-electron chi connectivity index (χ3n) is 5.45. The maximum absolute atomic E-state index is 11.0. The summed E-state index contributed by atoms with van der Waals surface area (Å²) < 4.78 is 11.6. The third kappa shape index (κ3) is 4.20. The van der Waals surface area contributed by atoms with Gasteiger partial charge in [0.15, 0.2) is 5.88 Å². The maximum Gasteiger partial charge on any atom is 0.306 e. The Morgan fingerprint density at radius 3 is 2.72 bits per heavy atom. The van der Waals surface area contributed by atoms with Gasteiger partial charge in [0.25, 0.3) is 0 Å². The van der Waals surface area contributed by atoms with Crippen molar-refractivity contribution in [2.75, 3.05) is 13.2 Å². The highest BCUT2D eigenvalue weighted by Crippen LogP contribution is 2.29. The Morgan fingerprint density at radius 1 is 1.21 bits per heavy atom. The molecule has 5 heteroatoms. The van der Waals surface area contributed by atoms with Gasteiger partial charge in [-0.15, -0.1) is 0 Å². The SMILES string of the molecule is Cc1cccc(C)c1-c1cccc(COC2=CC3=C(CN2)C(CC(=O)O)OC3)c1. The Morgan fingerprint density at radius 2 is 1.97 bits per heavy atom. The molecule has 0 bridgehead atoms. The molecule has 1 unspecified atom stereocenters. The van der Waals surface area contributed by atoms with E-state index in [2.05, 4.69) is 61.6 Å². The van der Waals surface area contributed by atoms with Crippen LogP contribution in [0.25, 0.3) is 11.1 Å². The number of carboxylic acids is 1. The normalized spacial score (nSPS) is 18.1. The van der Waals surface area contributed by atoms with Crippen molar-refractivity contribution in [3.63, 3.8) is 0 Å². The fourth-order valence-electron chi connectivity index (χ4n) is 4.02. The first-order chi connectivity index (χ1) is 14.0. The average molecular weight is 391 g/mol. The predicted octanol–water partition coefficient (Wildman–Crippen LogP) is 4.10. The number of nitrogens with one attached hydrogen (secondary N) is 1. The first-order valence-corrected chi connectivity index (χ1v) is 9.80. The molecule has 5 nitrogen and oxygen atoms in total. The van der Waals surface area contributed by atoms with Crippen molar-refractivity contribution in [3.8, 4) is 11.1 Å². The fraction of sp³-hybridized carbons (Fsp3) is 0.292. The lowest BCUT2D eigenvalue weighted by molar-refractivity contribution is -0.139. The lowest BCUT2D eigenvalue weighted by Gasteiger charge is -2.20. The van der Waals surface area contributed by atoms with Gasteiger partial charge in [-0.3, -0.25) is 4.79 Å². The zero-order valence-electron chi connectivity index (χ0n) is 16.7. The molecular formula is C24H25NO4. The van der Waals surface area contributed by atoms with Gasteiger partial charge >= 0.3 is 5.97 Å². The van der Waals surface area contributed by atoms with Crippen LogP contribution in [0.15, 0.2) is 65.6 Å². The molecule has 0 spiro atoms. The molecule has 29 heavy (non-hydrogen) atoms. The fourth-order valence-corrected chi connectivity index (χ4v) is 4.02. The minimum Gasteiger partial charge on any atom is -0.481 e. The smallest absolute Gasteiger partial charge is 0.306 e. The van der Waals surface area contributed by atoms with Gasteiger partial charge in [-0.2, -0.15) is 0 Å². The zero-order valence-corrected chi connectivity index (χ0v) is 16.7. The second kappa shape index (κ2) is 8.13. The second-order valence-electron chi connectivity index (χ2n) is 7.57. The molecule has 2 heterocycles. The van der Waals surface area contributed by atoms with E-state index in [1.165, 1.54) is 22.3 Å². The monoisotopic (exact) mass is 391 g/mol. The molecule has 0 aromatic heterocycles. The maximum atomic E-state index is 11.0. The Balaban J connectivity index is 1.46. The van der Waals surface area contributed by atoms with Crippen LogP contribution in [0.1, 0.15) is 23.1 Å². The van der Waals surface area contributed by atoms with Crippen LogP contribution in [0.3, 0.4) is 0 Å². The Kier molecular flexibility index (Phi) is 5.41. The average Bonchev–Trinajstić information content (AvgIpc) is 3.08. The van der Waals surface area contributed by atoms with E-state index >= 15 is 0 Å². The van der Waals surface area contributed by atoms with Crippen LogP contribution in [-0.2, 0) is 20.9 Å². The highest BCUT2D eigenvalue weighted by atomic mass is 16.5. The molecule has 2 N–H and O–H groups in total. The van der Waals surface area contributed by atoms with Gasteiger partial charge in [0.1, 0.15) is 6.61 Å². The summed E-state index contributed by atoms with van der Waals surface area (Å²) in [4.78, 5) is 11.0. The van der Waals surface area contributed by atoms with Crippen LogP contribution < -0.4 is 5.32 Å². The largest absolute Gasteiger partial charge is 0.481 e. The molecule has 0 amide bonds. The van der Waals surface area contributed by atoms with Gasteiger partial charge in [0.05, 0.1) is 19.1 Å². The summed E-state index contributed by atoms with van der Waals surface area (Å²) in [5, 5.41) is 12.2. The highest BCUT2D eigenvalue weighted by Gasteiger charge is 2.30. The quantitative estimate of drug-likeness (QED) is 0.776. The number of benzene rings is 2. The Bertz CT molecular complexity index is 985. The van der Waals surface area contributed by atoms with E-state index in [0.717, 1.165) is 16.7 Å². The van der Waals surface area contributed by atoms with E-state index in [9.17, 15) is 4.79 Å². The van der Waals surface area contributed by atoms with Gasteiger partial charge in [-0.1, -0.05) is 36.4 Å². The van der Waals surface area contributed by atoms with E-state index in [1.807, 2.05) is 6.08 Å². The molecule has 0 saturated carbocycles. The summed E-state index contributed by atoms with van der Waals surface area (Å²) in [7, 11) is 0. The molecule has 1 atom stereocenters. The van der Waals surface area contributed by atoms with Gasteiger partial charge in [-0.25, -0.2) is 0 Å². The molecule has 2 aromatic rings.